The van der Waals surface area contributed by atoms with Crippen LogP contribution in [0.25, 0.3) is 0 Å². The van der Waals surface area contributed by atoms with Crippen LogP contribution in [-0.2, 0) is 11.3 Å². The standard InChI is InChI=1S/C22H30N4O2/c1-5-23-22(28)18-8-7-9-19(14-18)24-21(27)16-26(6-2)15-17-10-12-20(13-11-17)25(3)4/h7-14H,5-6,15-16H2,1-4H3,(H,23,28)(H,24,27)/p+1. The molecule has 6 heteroatoms. The van der Waals surface area contributed by atoms with Crippen molar-refractivity contribution >= 4 is 23.2 Å². The van der Waals surface area contributed by atoms with Crippen LogP contribution < -0.4 is 20.4 Å². The predicted molar refractivity (Wildman–Crippen MR) is 114 cm³/mol. The Morgan fingerprint density at radius 1 is 1.04 bits per heavy atom. The molecule has 1 atom stereocenters. The molecule has 28 heavy (non-hydrogen) atoms. The lowest BCUT2D eigenvalue weighted by molar-refractivity contribution is -0.903. The Bertz CT molecular complexity index is 787. The number of likely N-dealkylation sites (N-methyl/N-ethyl adjacent to an activating group) is 1. The Balaban J connectivity index is 1.95. The molecule has 6 nitrogen and oxygen atoms in total. The molecular weight excluding hydrogens is 352 g/mol. The van der Waals surface area contributed by atoms with Gasteiger partial charge in [-0.25, -0.2) is 0 Å². The van der Waals surface area contributed by atoms with Crippen molar-refractivity contribution in [3.05, 3.63) is 59.7 Å². The zero-order valence-corrected chi connectivity index (χ0v) is 17.2. The lowest BCUT2D eigenvalue weighted by Gasteiger charge is -2.18. The second kappa shape index (κ2) is 10.5. The van der Waals surface area contributed by atoms with Crippen LogP contribution in [0.3, 0.4) is 0 Å². The van der Waals surface area contributed by atoms with E-state index in [1.165, 1.54) is 10.5 Å². The van der Waals surface area contributed by atoms with Crippen LogP contribution in [-0.4, -0.2) is 45.5 Å². The lowest BCUT2D eigenvalue weighted by atomic mass is 10.1. The second-order valence-corrected chi connectivity index (χ2v) is 7.01. The van der Waals surface area contributed by atoms with E-state index in [1.54, 1.807) is 24.3 Å². The first-order valence-electron chi connectivity index (χ1n) is 9.70. The van der Waals surface area contributed by atoms with Crippen molar-refractivity contribution in [3.63, 3.8) is 0 Å². The highest BCUT2D eigenvalue weighted by atomic mass is 16.2. The van der Waals surface area contributed by atoms with E-state index >= 15 is 0 Å². The van der Waals surface area contributed by atoms with Gasteiger partial charge in [-0.1, -0.05) is 18.2 Å². The normalized spacial score (nSPS) is 11.6. The minimum atomic E-state index is -0.138. The van der Waals surface area contributed by atoms with Crippen LogP contribution >= 0.6 is 0 Å². The molecular formula is C22H31N4O2+. The van der Waals surface area contributed by atoms with Gasteiger partial charge < -0.3 is 20.4 Å². The number of amides is 2. The fourth-order valence-electron chi connectivity index (χ4n) is 2.95. The van der Waals surface area contributed by atoms with E-state index in [1.807, 2.05) is 21.0 Å². The number of hydrogen-bond donors (Lipinski definition) is 3. The first-order chi connectivity index (χ1) is 13.4. The smallest absolute Gasteiger partial charge is 0.279 e. The first kappa shape index (κ1) is 21.4. The lowest BCUT2D eigenvalue weighted by Crippen LogP contribution is -3.11. The summed E-state index contributed by atoms with van der Waals surface area (Å²) in [5.41, 5.74) is 3.54. The molecule has 0 radical (unpaired) electrons. The molecule has 2 aromatic carbocycles. The summed E-state index contributed by atoms with van der Waals surface area (Å²) in [7, 11) is 4.04. The molecule has 0 heterocycles. The van der Waals surface area contributed by atoms with E-state index < -0.39 is 0 Å². The number of hydrogen-bond acceptors (Lipinski definition) is 3. The molecule has 0 saturated carbocycles. The Hall–Kier alpha value is -2.86. The summed E-state index contributed by atoms with van der Waals surface area (Å²) >= 11 is 0. The van der Waals surface area contributed by atoms with Gasteiger partial charge in [0.1, 0.15) is 6.54 Å². The summed E-state index contributed by atoms with van der Waals surface area (Å²) in [5.74, 6) is -0.199. The summed E-state index contributed by atoms with van der Waals surface area (Å²) in [6.45, 7) is 6.53. The number of anilines is 2. The van der Waals surface area contributed by atoms with Gasteiger partial charge in [0.05, 0.1) is 6.54 Å². The van der Waals surface area contributed by atoms with E-state index in [0.717, 1.165) is 18.8 Å². The zero-order chi connectivity index (χ0) is 20.5. The number of rotatable bonds is 9. The minimum absolute atomic E-state index is 0.0604. The van der Waals surface area contributed by atoms with Gasteiger partial charge in [-0.2, -0.15) is 0 Å². The van der Waals surface area contributed by atoms with Crippen LogP contribution in [0.2, 0.25) is 0 Å². The second-order valence-electron chi connectivity index (χ2n) is 7.01. The molecule has 0 fully saturated rings. The molecule has 3 N–H and O–H groups in total. The van der Waals surface area contributed by atoms with Crippen molar-refractivity contribution in [2.75, 3.05) is 43.9 Å². The Kier molecular flexibility index (Phi) is 8.02. The third-order valence-electron chi connectivity index (χ3n) is 4.56. The largest absolute Gasteiger partial charge is 0.378 e. The molecule has 150 valence electrons. The molecule has 0 aliphatic rings. The SMILES string of the molecule is CCNC(=O)c1cccc(NC(=O)C[NH+](CC)Cc2ccc(N(C)C)cc2)c1. The molecule has 2 rings (SSSR count). The third kappa shape index (κ3) is 6.39. The van der Waals surface area contributed by atoms with Crippen molar-refractivity contribution in [1.29, 1.82) is 0 Å². The van der Waals surface area contributed by atoms with Crippen molar-refractivity contribution in [2.45, 2.75) is 20.4 Å². The first-order valence-corrected chi connectivity index (χ1v) is 9.70. The van der Waals surface area contributed by atoms with Gasteiger partial charge >= 0.3 is 0 Å². The predicted octanol–water partition coefficient (Wildman–Crippen LogP) is 1.55. The molecule has 0 aliphatic carbocycles. The van der Waals surface area contributed by atoms with Crippen molar-refractivity contribution < 1.29 is 14.5 Å². The zero-order valence-electron chi connectivity index (χ0n) is 17.2. The number of benzene rings is 2. The Morgan fingerprint density at radius 2 is 1.75 bits per heavy atom. The van der Waals surface area contributed by atoms with Gasteiger partial charge in [0.15, 0.2) is 6.54 Å². The number of carbonyl (C=O) groups excluding carboxylic acids is 2. The maximum Gasteiger partial charge on any atom is 0.279 e. The maximum atomic E-state index is 12.5. The van der Waals surface area contributed by atoms with E-state index in [-0.39, 0.29) is 11.8 Å². The van der Waals surface area contributed by atoms with E-state index in [9.17, 15) is 9.59 Å². The fourth-order valence-corrected chi connectivity index (χ4v) is 2.95. The molecule has 2 aromatic rings. The molecule has 0 spiro atoms. The third-order valence-corrected chi connectivity index (χ3v) is 4.56. The number of nitrogens with one attached hydrogen (secondary N) is 3. The van der Waals surface area contributed by atoms with Crippen LogP contribution in [0.15, 0.2) is 48.5 Å². The van der Waals surface area contributed by atoms with Gasteiger partial charge in [-0.05, 0) is 44.2 Å². The summed E-state index contributed by atoms with van der Waals surface area (Å²) in [5, 5.41) is 5.67. The van der Waals surface area contributed by atoms with E-state index in [2.05, 4.69) is 46.7 Å². The van der Waals surface area contributed by atoms with Crippen LogP contribution in [0.4, 0.5) is 11.4 Å². The number of quaternary nitrogens is 1. The highest BCUT2D eigenvalue weighted by Crippen LogP contribution is 2.12. The summed E-state index contributed by atoms with van der Waals surface area (Å²) < 4.78 is 0. The molecule has 0 saturated heterocycles. The van der Waals surface area contributed by atoms with Crippen LogP contribution in [0, 0.1) is 0 Å². The van der Waals surface area contributed by atoms with E-state index in [0.29, 0.717) is 24.3 Å². The summed E-state index contributed by atoms with van der Waals surface area (Å²) in [6.07, 6.45) is 0. The van der Waals surface area contributed by atoms with Gasteiger partial charge in [0.25, 0.3) is 11.8 Å². The van der Waals surface area contributed by atoms with Crippen molar-refractivity contribution in [2.24, 2.45) is 0 Å². The van der Waals surface area contributed by atoms with Gasteiger partial charge in [0, 0.05) is 43.1 Å². The van der Waals surface area contributed by atoms with Gasteiger partial charge in [-0.3, -0.25) is 9.59 Å². The monoisotopic (exact) mass is 383 g/mol. The van der Waals surface area contributed by atoms with Gasteiger partial charge in [0.2, 0.25) is 0 Å². The average Bonchev–Trinajstić information content (AvgIpc) is 2.68. The summed E-state index contributed by atoms with van der Waals surface area (Å²) in [6, 6.07) is 15.4. The maximum absolute atomic E-state index is 12.5. The summed E-state index contributed by atoms with van der Waals surface area (Å²) in [4.78, 5) is 27.7. The number of carbonyl (C=O) groups is 2. The molecule has 2 amide bonds. The Morgan fingerprint density at radius 3 is 2.36 bits per heavy atom. The highest BCUT2D eigenvalue weighted by Gasteiger charge is 2.14. The van der Waals surface area contributed by atoms with Gasteiger partial charge in [-0.15, -0.1) is 0 Å². The Labute approximate surface area is 167 Å². The van der Waals surface area contributed by atoms with Crippen LogP contribution in [0.5, 0.6) is 0 Å². The van der Waals surface area contributed by atoms with E-state index in [4.69, 9.17) is 0 Å². The van der Waals surface area contributed by atoms with Crippen LogP contribution in [0.1, 0.15) is 29.8 Å². The quantitative estimate of drug-likeness (QED) is 0.616. The number of nitrogens with zero attached hydrogens (tertiary/aromatic N) is 1. The molecule has 1 unspecified atom stereocenters. The molecule has 0 bridgehead atoms. The fraction of sp³-hybridized carbons (Fsp3) is 0.364. The average molecular weight is 384 g/mol. The van der Waals surface area contributed by atoms with Crippen molar-refractivity contribution in [3.8, 4) is 0 Å². The van der Waals surface area contributed by atoms with Crippen molar-refractivity contribution in [1.82, 2.24) is 5.32 Å². The molecule has 0 aromatic heterocycles. The topological polar surface area (TPSA) is 65.9 Å². The molecule has 0 aliphatic heterocycles. The highest BCUT2D eigenvalue weighted by molar-refractivity contribution is 5.97. The minimum Gasteiger partial charge on any atom is -0.378 e.